The number of alkyl halides is 3. The van der Waals surface area contributed by atoms with Crippen LogP contribution >= 0.6 is 11.3 Å². The van der Waals surface area contributed by atoms with Crippen molar-refractivity contribution < 1.29 is 27.4 Å². The smallest absolute Gasteiger partial charge is 0.435 e. The van der Waals surface area contributed by atoms with E-state index in [1.807, 2.05) is 12.3 Å². The average molecular weight is 547 g/mol. The highest BCUT2D eigenvalue weighted by Gasteiger charge is 2.33. The molecule has 1 saturated carbocycles. The molecule has 2 atom stereocenters. The van der Waals surface area contributed by atoms with Gasteiger partial charge in [-0.15, -0.1) is 16.4 Å². The highest BCUT2D eigenvalue weighted by Crippen LogP contribution is 2.41. The molecule has 11 heteroatoms. The molecule has 1 aliphatic heterocycles. The SMILES string of the molecule is C[C@@H](NC(=O)c1cc(OCCC2CCCO2)cc(-c2ncc(C3CCC3)s2)c1)c1ccc(C(F)(F)F)nn1. The van der Waals surface area contributed by atoms with Gasteiger partial charge in [0.05, 0.1) is 24.4 Å². The van der Waals surface area contributed by atoms with Crippen molar-refractivity contribution in [2.75, 3.05) is 13.2 Å². The van der Waals surface area contributed by atoms with E-state index in [1.54, 1.807) is 30.4 Å². The van der Waals surface area contributed by atoms with E-state index < -0.39 is 23.8 Å². The molecule has 202 valence electrons. The first-order chi connectivity index (χ1) is 18.3. The van der Waals surface area contributed by atoms with E-state index in [2.05, 4.69) is 20.5 Å². The Hall–Kier alpha value is -3.05. The predicted molar refractivity (Wildman–Crippen MR) is 136 cm³/mol. The Morgan fingerprint density at radius 1 is 1.18 bits per heavy atom. The maximum Gasteiger partial charge on any atom is 0.435 e. The number of carbonyl (C=O) groups excluding carboxylic acids is 1. The molecule has 0 radical (unpaired) electrons. The highest BCUT2D eigenvalue weighted by atomic mass is 32.1. The number of aromatic nitrogens is 3. The van der Waals surface area contributed by atoms with Crippen LogP contribution in [-0.4, -0.2) is 40.4 Å². The molecule has 5 rings (SSSR count). The van der Waals surface area contributed by atoms with Crippen molar-refractivity contribution in [2.24, 2.45) is 0 Å². The lowest BCUT2D eigenvalue weighted by molar-refractivity contribution is -0.141. The van der Waals surface area contributed by atoms with Gasteiger partial charge in [-0.05, 0) is 68.9 Å². The van der Waals surface area contributed by atoms with Gasteiger partial charge in [-0.2, -0.15) is 18.3 Å². The molecule has 2 aliphatic rings. The minimum absolute atomic E-state index is 0.190. The average Bonchev–Trinajstić information content (AvgIpc) is 3.55. The van der Waals surface area contributed by atoms with Gasteiger partial charge in [0.15, 0.2) is 5.69 Å². The number of halogens is 3. The Morgan fingerprint density at radius 2 is 2.03 bits per heavy atom. The van der Waals surface area contributed by atoms with Crippen LogP contribution in [0, 0.1) is 0 Å². The number of rotatable bonds is 9. The maximum absolute atomic E-state index is 13.2. The molecule has 38 heavy (non-hydrogen) atoms. The summed E-state index contributed by atoms with van der Waals surface area (Å²) in [5, 5.41) is 10.5. The third kappa shape index (κ3) is 6.32. The topological polar surface area (TPSA) is 86.2 Å². The lowest BCUT2D eigenvalue weighted by atomic mass is 9.85. The van der Waals surface area contributed by atoms with Crippen molar-refractivity contribution in [3.63, 3.8) is 0 Å². The van der Waals surface area contributed by atoms with Crippen LogP contribution in [0.3, 0.4) is 0 Å². The summed E-state index contributed by atoms with van der Waals surface area (Å²) in [7, 11) is 0. The van der Waals surface area contributed by atoms with E-state index in [1.165, 1.54) is 30.2 Å². The summed E-state index contributed by atoms with van der Waals surface area (Å²) in [4.78, 5) is 19.1. The number of ether oxygens (including phenoxy) is 2. The normalized spacial score (nSPS) is 18.7. The van der Waals surface area contributed by atoms with E-state index in [-0.39, 0.29) is 11.8 Å². The molecule has 1 aliphatic carbocycles. The molecule has 2 fully saturated rings. The first-order valence-corrected chi connectivity index (χ1v) is 13.6. The van der Waals surface area contributed by atoms with Gasteiger partial charge < -0.3 is 14.8 Å². The maximum atomic E-state index is 13.2. The molecule has 1 saturated heterocycles. The van der Waals surface area contributed by atoms with E-state index in [4.69, 9.17) is 9.47 Å². The Kier molecular flexibility index (Phi) is 7.94. The van der Waals surface area contributed by atoms with Crippen molar-refractivity contribution in [3.8, 4) is 16.3 Å². The number of benzene rings is 1. The Balaban J connectivity index is 1.33. The number of hydrogen-bond donors (Lipinski definition) is 1. The number of nitrogens with one attached hydrogen (secondary N) is 1. The second kappa shape index (κ2) is 11.4. The van der Waals surface area contributed by atoms with Crippen molar-refractivity contribution >= 4 is 17.2 Å². The molecular weight excluding hydrogens is 517 g/mol. The number of hydrogen-bond acceptors (Lipinski definition) is 7. The molecular formula is C27H29F3N4O3S. The lowest BCUT2D eigenvalue weighted by Crippen LogP contribution is -2.27. The van der Waals surface area contributed by atoms with E-state index >= 15 is 0 Å². The fourth-order valence-corrected chi connectivity index (χ4v) is 5.57. The molecule has 1 amide bonds. The number of carbonyl (C=O) groups is 1. The van der Waals surface area contributed by atoms with E-state index in [0.717, 1.165) is 42.5 Å². The first kappa shape index (κ1) is 26.6. The predicted octanol–water partition coefficient (Wildman–Crippen LogP) is 6.33. The monoisotopic (exact) mass is 546 g/mol. The van der Waals surface area contributed by atoms with Gasteiger partial charge in [0, 0.05) is 35.2 Å². The molecule has 3 heterocycles. The third-order valence-corrected chi connectivity index (χ3v) is 8.16. The van der Waals surface area contributed by atoms with Gasteiger partial charge in [-0.3, -0.25) is 4.79 Å². The van der Waals surface area contributed by atoms with E-state index in [9.17, 15) is 18.0 Å². The summed E-state index contributed by atoms with van der Waals surface area (Å²) >= 11 is 1.63. The van der Waals surface area contributed by atoms with Crippen molar-refractivity contribution in [1.29, 1.82) is 0 Å². The molecule has 1 N–H and O–H groups in total. The summed E-state index contributed by atoms with van der Waals surface area (Å²) < 4.78 is 50.2. The van der Waals surface area contributed by atoms with Gasteiger partial charge in [0.25, 0.3) is 5.91 Å². The van der Waals surface area contributed by atoms with Gasteiger partial charge in [-0.1, -0.05) is 6.42 Å². The van der Waals surface area contributed by atoms with Gasteiger partial charge in [0.2, 0.25) is 0 Å². The fraction of sp³-hybridized carbons (Fsp3) is 0.481. The van der Waals surface area contributed by atoms with Crippen LogP contribution in [0.25, 0.3) is 10.6 Å². The lowest BCUT2D eigenvalue weighted by Gasteiger charge is -2.23. The first-order valence-electron chi connectivity index (χ1n) is 12.8. The van der Waals surface area contributed by atoms with Crippen molar-refractivity contribution in [3.05, 3.63) is 58.4 Å². The summed E-state index contributed by atoms with van der Waals surface area (Å²) in [5.74, 6) is 0.703. The third-order valence-electron chi connectivity index (χ3n) is 6.95. The van der Waals surface area contributed by atoms with E-state index in [0.29, 0.717) is 23.8 Å². The summed E-state index contributed by atoms with van der Waals surface area (Å²) in [5.41, 5.74) is 0.284. The summed E-state index contributed by atoms with van der Waals surface area (Å²) in [6.07, 6.45) is 3.95. The largest absolute Gasteiger partial charge is 0.493 e. The quantitative estimate of drug-likeness (QED) is 0.338. The van der Waals surface area contributed by atoms with Gasteiger partial charge in [0.1, 0.15) is 10.8 Å². The van der Waals surface area contributed by atoms with Crippen LogP contribution in [0.5, 0.6) is 5.75 Å². The summed E-state index contributed by atoms with van der Waals surface area (Å²) in [6.45, 7) is 2.88. The minimum atomic E-state index is -4.58. The molecule has 1 aromatic carbocycles. The Morgan fingerprint density at radius 3 is 2.68 bits per heavy atom. The molecule has 0 bridgehead atoms. The van der Waals surface area contributed by atoms with Crippen LogP contribution < -0.4 is 10.1 Å². The Labute approximate surface area is 222 Å². The second-order valence-electron chi connectivity index (χ2n) is 9.75. The van der Waals surface area contributed by atoms with Crippen LogP contribution in [0.4, 0.5) is 13.2 Å². The van der Waals surface area contributed by atoms with Gasteiger partial charge in [-0.25, -0.2) is 4.98 Å². The standard InChI is InChI=1S/C27H29F3N4O3S/c1-16(22-7-8-24(34-33-22)27(28,29)30)32-25(35)18-12-19(26-31-15-23(38-26)17-4-2-5-17)14-21(13-18)37-11-9-20-6-3-10-36-20/h7-8,12-17,20H,2-6,9-11H2,1H3,(H,32,35)/t16-,20?/m1/s1. The van der Waals surface area contributed by atoms with Crippen LogP contribution in [0.1, 0.15) is 84.0 Å². The molecule has 7 nitrogen and oxygen atoms in total. The fourth-order valence-electron chi connectivity index (χ4n) is 4.50. The molecule has 0 spiro atoms. The number of amides is 1. The van der Waals surface area contributed by atoms with Crippen molar-refractivity contribution in [2.45, 2.75) is 69.7 Å². The zero-order valence-corrected chi connectivity index (χ0v) is 21.8. The number of thiazole rings is 1. The highest BCUT2D eigenvalue weighted by molar-refractivity contribution is 7.15. The van der Waals surface area contributed by atoms with Crippen LogP contribution in [-0.2, 0) is 10.9 Å². The molecule has 2 aromatic heterocycles. The summed E-state index contributed by atoms with van der Waals surface area (Å²) in [6, 6.07) is 6.73. The zero-order valence-electron chi connectivity index (χ0n) is 21.0. The minimum Gasteiger partial charge on any atom is -0.493 e. The van der Waals surface area contributed by atoms with Crippen molar-refractivity contribution in [1.82, 2.24) is 20.5 Å². The van der Waals surface area contributed by atoms with Crippen LogP contribution in [0.15, 0.2) is 36.5 Å². The second-order valence-corrected chi connectivity index (χ2v) is 10.8. The Bertz CT molecular complexity index is 1260. The number of nitrogens with zero attached hydrogens (tertiary/aromatic N) is 3. The van der Waals surface area contributed by atoms with Crippen LogP contribution in [0.2, 0.25) is 0 Å². The molecule has 3 aromatic rings. The molecule has 1 unspecified atom stereocenters. The van der Waals surface area contributed by atoms with Gasteiger partial charge >= 0.3 is 6.18 Å². The zero-order chi connectivity index (χ0) is 26.7.